The number of rotatable bonds is 5. The van der Waals surface area contributed by atoms with Crippen LogP contribution in [-0.2, 0) is 16.0 Å². The fraction of sp³-hybridized carbons (Fsp3) is 0.625. The Morgan fingerprint density at radius 3 is 2.64 bits per heavy atom. The molecule has 1 unspecified atom stereocenters. The molecule has 0 spiro atoms. The van der Waals surface area contributed by atoms with Gasteiger partial charge in [0.05, 0.1) is 12.5 Å². The molecular formula is C16H23N3O2S. The quantitative estimate of drug-likeness (QED) is 0.884. The minimum atomic E-state index is -0.102. The molecule has 1 atom stereocenters. The van der Waals surface area contributed by atoms with Crippen molar-refractivity contribution in [1.82, 2.24) is 15.1 Å². The van der Waals surface area contributed by atoms with Crippen LogP contribution in [-0.4, -0.2) is 59.9 Å². The molecule has 1 aliphatic heterocycles. The van der Waals surface area contributed by atoms with Gasteiger partial charge >= 0.3 is 0 Å². The molecule has 5 nitrogen and oxygen atoms in total. The van der Waals surface area contributed by atoms with Gasteiger partial charge in [-0.3, -0.25) is 14.5 Å². The molecule has 120 valence electrons. The molecule has 3 rings (SSSR count). The monoisotopic (exact) mass is 321 g/mol. The van der Waals surface area contributed by atoms with E-state index in [1.165, 1.54) is 0 Å². The number of carbonyl (C=O) groups excluding carboxylic acids is 2. The minimum absolute atomic E-state index is 0.102. The summed E-state index contributed by atoms with van der Waals surface area (Å²) in [7, 11) is 0. The van der Waals surface area contributed by atoms with E-state index in [-0.39, 0.29) is 17.9 Å². The number of thiophene rings is 1. The number of nitrogens with zero attached hydrogens (tertiary/aromatic N) is 2. The van der Waals surface area contributed by atoms with Crippen molar-refractivity contribution in [3.05, 3.63) is 22.4 Å². The highest BCUT2D eigenvalue weighted by Crippen LogP contribution is 2.19. The fourth-order valence-corrected chi connectivity index (χ4v) is 3.44. The maximum absolute atomic E-state index is 12.3. The van der Waals surface area contributed by atoms with E-state index in [0.29, 0.717) is 25.6 Å². The molecule has 0 radical (unpaired) electrons. The maximum Gasteiger partial charge on any atom is 0.237 e. The highest BCUT2D eigenvalue weighted by Gasteiger charge is 2.30. The van der Waals surface area contributed by atoms with Gasteiger partial charge in [-0.05, 0) is 31.2 Å². The van der Waals surface area contributed by atoms with Crippen molar-refractivity contribution in [2.75, 3.05) is 26.2 Å². The van der Waals surface area contributed by atoms with Crippen molar-refractivity contribution in [2.45, 2.75) is 38.3 Å². The molecular weight excluding hydrogens is 298 g/mol. The molecule has 0 aromatic carbocycles. The van der Waals surface area contributed by atoms with Crippen LogP contribution in [0.2, 0.25) is 0 Å². The predicted octanol–water partition coefficient (Wildman–Crippen LogP) is 1.10. The first kappa shape index (κ1) is 15.5. The molecule has 2 aliphatic rings. The van der Waals surface area contributed by atoms with E-state index in [4.69, 9.17) is 0 Å². The average molecular weight is 321 g/mol. The summed E-state index contributed by atoms with van der Waals surface area (Å²) in [6.45, 7) is 4.93. The van der Waals surface area contributed by atoms with Crippen molar-refractivity contribution >= 4 is 23.2 Å². The SMILES string of the molecule is CC(C(=O)NC1CC1)N1CCN(C(=O)Cc2cccs2)CC1. The third kappa shape index (κ3) is 3.87. The van der Waals surface area contributed by atoms with E-state index in [9.17, 15) is 9.59 Å². The van der Waals surface area contributed by atoms with Crippen LogP contribution in [0.15, 0.2) is 17.5 Å². The molecule has 1 saturated heterocycles. The molecule has 22 heavy (non-hydrogen) atoms. The van der Waals surface area contributed by atoms with E-state index >= 15 is 0 Å². The number of nitrogens with one attached hydrogen (secondary N) is 1. The van der Waals surface area contributed by atoms with Crippen molar-refractivity contribution in [1.29, 1.82) is 0 Å². The highest BCUT2D eigenvalue weighted by atomic mass is 32.1. The second-order valence-electron chi connectivity index (χ2n) is 6.13. The Morgan fingerprint density at radius 2 is 2.05 bits per heavy atom. The molecule has 1 N–H and O–H groups in total. The summed E-state index contributed by atoms with van der Waals surface area (Å²) in [5, 5.41) is 5.06. The lowest BCUT2D eigenvalue weighted by Crippen LogP contribution is -2.55. The summed E-state index contributed by atoms with van der Waals surface area (Å²) in [6, 6.07) is 4.29. The maximum atomic E-state index is 12.3. The van der Waals surface area contributed by atoms with Crippen molar-refractivity contribution in [3.63, 3.8) is 0 Å². The third-order valence-electron chi connectivity index (χ3n) is 4.42. The fourth-order valence-electron chi connectivity index (χ4n) is 2.75. The Morgan fingerprint density at radius 1 is 1.32 bits per heavy atom. The number of carbonyl (C=O) groups is 2. The van der Waals surface area contributed by atoms with Crippen LogP contribution in [0.25, 0.3) is 0 Å². The van der Waals surface area contributed by atoms with Crippen LogP contribution in [0.3, 0.4) is 0 Å². The Balaban J connectivity index is 1.45. The normalized spacial score (nSPS) is 20.7. The standard InChI is InChI=1S/C16H23N3O2S/c1-12(16(21)17-13-4-5-13)18-6-8-19(9-7-18)15(20)11-14-3-2-10-22-14/h2-3,10,12-13H,4-9,11H2,1H3,(H,17,21). The Labute approximate surface area is 135 Å². The van der Waals surface area contributed by atoms with E-state index in [0.717, 1.165) is 30.8 Å². The van der Waals surface area contributed by atoms with Gasteiger partial charge in [0.25, 0.3) is 0 Å². The van der Waals surface area contributed by atoms with Crippen LogP contribution >= 0.6 is 11.3 Å². The zero-order valence-corrected chi connectivity index (χ0v) is 13.8. The summed E-state index contributed by atoms with van der Waals surface area (Å²) in [4.78, 5) is 29.6. The van der Waals surface area contributed by atoms with E-state index < -0.39 is 0 Å². The first-order chi connectivity index (χ1) is 10.6. The molecule has 6 heteroatoms. The van der Waals surface area contributed by atoms with Gasteiger partial charge < -0.3 is 10.2 Å². The van der Waals surface area contributed by atoms with E-state index in [1.807, 2.05) is 29.3 Å². The summed E-state index contributed by atoms with van der Waals surface area (Å²) >= 11 is 1.63. The van der Waals surface area contributed by atoms with Gasteiger partial charge in [-0.15, -0.1) is 11.3 Å². The van der Waals surface area contributed by atoms with Crippen molar-refractivity contribution in [2.24, 2.45) is 0 Å². The smallest absolute Gasteiger partial charge is 0.237 e. The molecule has 0 bridgehead atoms. The Kier molecular flexibility index (Phi) is 4.78. The number of hydrogen-bond acceptors (Lipinski definition) is 4. The lowest BCUT2D eigenvalue weighted by molar-refractivity contribution is -0.133. The minimum Gasteiger partial charge on any atom is -0.352 e. The van der Waals surface area contributed by atoms with Crippen LogP contribution in [0.4, 0.5) is 0 Å². The van der Waals surface area contributed by atoms with Gasteiger partial charge in [-0.25, -0.2) is 0 Å². The van der Waals surface area contributed by atoms with Gasteiger partial charge in [-0.2, -0.15) is 0 Å². The third-order valence-corrected chi connectivity index (χ3v) is 5.30. The van der Waals surface area contributed by atoms with Gasteiger partial charge in [-0.1, -0.05) is 6.07 Å². The first-order valence-corrected chi connectivity index (χ1v) is 8.86. The molecule has 1 saturated carbocycles. The van der Waals surface area contributed by atoms with Crippen LogP contribution in [0, 0.1) is 0 Å². The van der Waals surface area contributed by atoms with Gasteiger partial charge in [0.2, 0.25) is 11.8 Å². The summed E-state index contributed by atoms with van der Waals surface area (Å²) in [6.07, 6.45) is 2.72. The average Bonchev–Trinajstić information content (AvgIpc) is 3.19. The summed E-state index contributed by atoms with van der Waals surface area (Å²) < 4.78 is 0. The number of piperazine rings is 1. The molecule has 1 aromatic heterocycles. The van der Waals surface area contributed by atoms with Crippen LogP contribution in [0.1, 0.15) is 24.6 Å². The van der Waals surface area contributed by atoms with Crippen LogP contribution in [0.5, 0.6) is 0 Å². The number of amides is 2. The molecule has 2 amide bonds. The molecule has 1 aromatic rings. The Hall–Kier alpha value is -1.40. The molecule has 1 aliphatic carbocycles. The lowest BCUT2D eigenvalue weighted by Gasteiger charge is -2.37. The Bertz CT molecular complexity index is 520. The second-order valence-corrected chi connectivity index (χ2v) is 7.16. The largest absolute Gasteiger partial charge is 0.352 e. The summed E-state index contributed by atoms with van der Waals surface area (Å²) in [5.74, 6) is 0.318. The number of hydrogen-bond donors (Lipinski definition) is 1. The lowest BCUT2D eigenvalue weighted by atomic mass is 10.2. The van der Waals surface area contributed by atoms with Crippen molar-refractivity contribution in [3.8, 4) is 0 Å². The first-order valence-electron chi connectivity index (χ1n) is 7.98. The van der Waals surface area contributed by atoms with E-state index in [2.05, 4.69) is 10.2 Å². The summed E-state index contributed by atoms with van der Waals surface area (Å²) in [5.41, 5.74) is 0. The second kappa shape index (κ2) is 6.79. The molecule has 2 heterocycles. The van der Waals surface area contributed by atoms with Crippen LogP contribution < -0.4 is 5.32 Å². The van der Waals surface area contributed by atoms with Crippen molar-refractivity contribution < 1.29 is 9.59 Å². The molecule has 2 fully saturated rings. The predicted molar refractivity (Wildman–Crippen MR) is 86.8 cm³/mol. The van der Waals surface area contributed by atoms with Gasteiger partial charge in [0, 0.05) is 37.1 Å². The highest BCUT2D eigenvalue weighted by molar-refractivity contribution is 7.10. The zero-order chi connectivity index (χ0) is 15.5. The van der Waals surface area contributed by atoms with Gasteiger partial charge in [0.15, 0.2) is 0 Å². The van der Waals surface area contributed by atoms with Gasteiger partial charge in [0.1, 0.15) is 0 Å². The van der Waals surface area contributed by atoms with E-state index in [1.54, 1.807) is 11.3 Å². The zero-order valence-electron chi connectivity index (χ0n) is 13.0. The topological polar surface area (TPSA) is 52.7 Å².